The fourth-order valence-electron chi connectivity index (χ4n) is 3.25. The van der Waals surface area contributed by atoms with Gasteiger partial charge in [0.2, 0.25) is 0 Å². The zero-order valence-electron chi connectivity index (χ0n) is 18.9. The van der Waals surface area contributed by atoms with Crippen molar-refractivity contribution >= 4 is 11.9 Å². The SMILES string of the molecule is C.C.CCC(C)(C)C(=O)OCC(CC(F)(F)C(F)(F)C(F)(C(F)(F)F)C(F)(F)F)OC(=O)C1CCCC1. The van der Waals surface area contributed by atoms with E-state index in [0.29, 0.717) is 12.8 Å². The van der Waals surface area contributed by atoms with E-state index >= 15 is 0 Å². The normalized spacial score (nSPS) is 16.9. The van der Waals surface area contributed by atoms with E-state index in [9.17, 15) is 57.9 Å². The van der Waals surface area contributed by atoms with Crippen LogP contribution in [-0.4, -0.2) is 54.5 Å². The number of rotatable bonds is 10. The molecule has 0 amide bonds. The number of halogens is 11. The summed E-state index contributed by atoms with van der Waals surface area (Å²) in [6.07, 6.45) is -18.7. The van der Waals surface area contributed by atoms with Crippen molar-refractivity contribution in [3.8, 4) is 0 Å². The maximum atomic E-state index is 14.3. The largest absolute Gasteiger partial charge is 0.461 e. The van der Waals surface area contributed by atoms with E-state index in [1.807, 2.05) is 0 Å². The van der Waals surface area contributed by atoms with Crippen LogP contribution in [0.1, 0.15) is 74.1 Å². The van der Waals surface area contributed by atoms with Gasteiger partial charge in [-0.05, 0) is 33.1 Å². The molecule has 0 aliphatic heterocycles. The lowest BCUT2D eigenvalue weighted by Gasteiger charge is -2.40. The molecule has 0 aromatic rings. The van der Waals surface area contributed by atoms with Gasteiger partial charge in [-0.2, -0.15) is 43.9 Å². The Morgan fingerprint density at radius 3 is 1.65 bits per heavy atom. The van der Waals surface area contributed by atoms with Crippen molar-refractivity contribution in [1.29, 1.82) is 0 Å². The summed E-state index contributed by atoms with van der Waals surface area (Å²) in [5.74, 6) is -16.9. The first kappa shape index (κ1) is 37.3. The number of esters is 2. The van der Waals surface area contributed by atoms with Gasteiger partial charge >= 0.3 is 41.8 Å². The van der Waals surface area contributed by atoms with Crippen molar-refractivity contribution in [3.63, 3.8) is 0 Å². The molecule has 0 bridgehead atoms. The summed E-state index contributed by atoms with van der Waals surface area (Å²) in [5, 5.41) is 0. The minimum absolute atomic E-state index is 0. The topological polar surface area (TPSA) is 52.6 Å². The minimum Gasteiger partial charge on any atom is -0.461 e. The highest BCUT2D eigenvalue weighted by atomic mass is 19.4. The number of carbonyl (C=O) groups is 2. The molecule has 15 heteroatoms. The predicted molar refractivity (Wildman–Crippen MR) is 111 cm³/mol. The van der Waals surface area contributed by atoms with Crippen molar-refractivity contribution in [2.75, 3.05) is 6.61 Å². The summed E-state index contributed by atoms with van der Waals surface area (Å²) in [4.78, 5) is 24.2. The Morgan fingerprint density at radius 1 is 0.838 bits per heavy atom. The lowest BCUT2D eigenvalue weighted by molar-refractivity contribution is -0.428. The summed E-state index contributed by atoms with van der Waals surface area (Å²) in [6, 6.07) is 0. The lowest BCUT2D eigenvalue weighted by Crippen LogP contribution is -2.70. The van der Waals surface area contributed by atoms with Crippen LogP contribution in [0.15, 0.2) is 0 Å². The minimum atomic E-state index is -7.63. The zero-order chi connectivity index (χ0) is 27.7. The van der Waals surface area contributed by atoms with Crippen LogP contribution >= 0.6 is 0 Å². The maximum absolute atomic E-state index is 14.3. The van der Waals surface area contributed by atoms with Gasteiger partial charge in [-0.15, -0.1) is 0 Å². The van der Waals surface area contributed by atoms with Crippen molar-refractivity contribution in [1.82, 2.24) is 0 Å². The highest BCUT2D eigenvalue weighted by Gasteiger charge is 2.90. The van der Waals surface area contributed by atoms with Gasteiger partial charge in [-0.3, -0.25) is 9.59 Å². The summed E-state index contributed by atoms with van der Waals surface area (Å²) in [5.41, 5.74) is -8.87. The third kappa shape index (κ3) is 7.61. The monoisotopic (exact) mass is 570 g/mol. The molecule has 1 fully saturated rings. The van der Waals surface area contributed by atoms with E-state index in [0.717, 1.165) is 0 Å². The molecule has 4 nitrogen and oxygen atoms in total. The zero-order valence-corrected chi connectivity index (χ0v) is 18.9. The van der Waals surface area contributed by atoms with E-state index in [1.165, 1.54) is 20.8 Å². The highest BCUT2D eigenvalue weighted by Crippen LogP contribution is 2.60. The number of alkyl halides is 11. The van der Waals surface area contributed by atoms with E-state index < -0.39 is 72.3 Å². The van der Waals surface area contributed by atoms with Gasteiger partial charge < -0.3 is 9.47 Å². The fourth-order valence-corrected chi connectivity index (χ4v) is 3.25. The molecule has 1 saturated carbocycles. The molecule has 0 N–H and O–H groups in total. The van der Waals surface area contributed by atoms with Crippen molar-refractivity contribution in [3.05, 3.63) is 0 Å². The summed E-state index contributed by atoms with van der Waals surface area (Å²) in [6.45, 7) is 2.80. The average molecular weight is 570 g/mol. The van der Waals surface area contributed by atoms with Gasteiger partial charge in [-0.1, -0.05) is 34.6 Å². The second-order valence-corrected chi connectivity index (χ2v) is 9.01. The Balaban J connectivity index is 0. The van der Waals surface area contributed by atoms with Crippen molar-refractivity contribution in [2.24, 2.45) is 11.3 Å². The van der Waals surface area contributed by atoms with Crippen LogP contribution in [0, 0.1) is 11.3 Å². The van der Waals surface area contributed by atoms with E-state index in [1.54, 1.807) is 0 Å². The molecule has 1 aliphatic rings. The molecule has 0 spiro atoms. The van der Waals surface area contributed by atoms with Crippen LogP contribution < -0.4 is 0 Å². The third-order valence-electron chi connectivity index (χ3n) is 5.97. The van der Waals surface area contributed by atoms with Crippen LogP contribution in [0.5, 0.6) is 0 Å². The second-order valence-electron chi connectivity index (χ2n) is 9.01. The molecule has 0 saturated heterocycles. The Kier molecular flexibility index (Phi) is 12.5. The number of carbonyl (C=O) groups excluding carboxylic acids is 2. The predicted octanol–water partition coefficient (Wildman–Crippen LogP) is 7.83. The first-order chi connectivity index (χ1) is 15.5. The van der Waals surface area contributed by atoms with Gasteiger partial charge in [0.25, 0.3) is 0 Å². The second kappa shape index (κ2) is 12.4. The molecule has 1 atom stereocenters. The number of hydrogen-bond acceptors (Lipinski definition) is 4. The first-order valence-electron chi connectivity index (χ1n) is 10.5. The Morgan fingerprint density at radius 2 is 1.27 bits per heavy atom. The molecule has 37 heavy (non-hydrogen) atoms. The third-order valence-corrected chi connectivity index (χ3v) is 5.97. The Bertz CT molecular complexity index is 741. The molecule has 222 valence electrons. The van der Waals surface area contributed by atoms with Crippen LogP contribution in [0.3, 0.4) is 0 Å². The standard InChI is InChI=1S/C20H25F11O4.2CH4/c1-4-15(2,3)14(33)34-10-12(35-13(32)11-7-5-6-8-11)9-16(21,22)18(24,25)17(23,19(26,27)28)20(29,30)31;;/h11-12H,4-10H2,1-3H3;2*1H4. The quantitative estimate of drug-likeness (QED) is 0.198. The molecule has 1 rings (SSSR count). The van der Waals surface area contributed by atoms with Crippen molar-refractivity contribution < 1.29 is 67.4 Å². The van der Waals surface area contributed by atoms with E-state index in [4.69, 9.17) is 0 Å². The Hall–Kier alpha value is -1.83. The van der Waals surface area contributed by atoms with Crippen molar-refractivity contribution in [2.45, 2.75) is 110 Å². The summed E-state index contributed by atoms with van der Waals surface area (Å²) < 4.78 is 156. The highest BCUT2D eigenvalue weighted by molar-refractivity contribution is 5.76. The molecular formula is C22H33F11O4. The van der Waals surface area contributed by atoms with Crippen LogP contribution in [-0.2, 0) is 19.1 Å². The number of hydrogen-bond donors (Lipinski definition) is 0. The van der Waals surface area contributed by atoms with Gasteiger partial charge in [0.1, 0.15) is 12.7 Å². The van der Waals surface area contributed by atoms with Gasteiger partial charge in [0.05, 0.1) is 17.8 Å². The summed E-state index contributed by atoms with van der Waals surface area (Å²) >= 11 is 0. The van der Waals surface area contributed by atoms with E-state index in [-0.39, 0.29) is 34.1 Å². The first-order valence-corrected chi connectivity index (χ1v) is 10.5. The lowest BCUT2D eigenvalue weighted by atomic mass is 9.88. The average Bonchev–Trinajstić information content (AvgIpc) is 3.23. The molecule has 1 aliphatic carbocycles. The molecule has 0 aromatic heterocycles. The van der Waals surface area contributed by atoms with Crippen LogP contribution in [0.2, 0.25) is 0 Å². The van der Waals surface area contributed by atoms with Gasteiger partial charge in [-0.25, -0.2) is 4.39 Å². The van der Waals surface area contributed by atoms with E-state index in [2.05, 4.69) is 9.47 Å². The van der Waals surface area contributed by atoms with Crippen LogP contribution in [0.25, 0.3) is 0 Å². The molecule has 0 radical (unpaired) electrons. The smallest absolute Gasteiger partial charge is 0.438 e. The van der Waals surface area contributed by atoms with Gasteiger partial charge in [0, 0.05) is 0 Å². The Labute approximate surface area is 208 Å². The molecule has 0 heterocycles. The molecular weight excluding hydrogens is 537 g/mol. The molecule has 0 aromatic carbocycles. The summed E-state index contributed by atoms with van der Waals surface area (Å²) in [7, 11) is 0. The number of ether oxygens (including phenoxy) is 2. The maximum Gasteiger partial charge on any atom is 0.438 e. The fraction of sp³-hybridized carbons (Fsp3) is 0.909. The van der Waals surface area contributed by atoms with Crippen LogP contribution in [0.4, 0.5) is 48.3 Å². The molecule has 1 unspecified atom stereocenters. The van der Waals surface area contributed by atoms with Gasteiger partial charge in [0.15, 0.2) is 0 Å².